The van der Waals surface area contributed by atoms with Gasteiger partial charge in [0.05, 0.1) is 13.2 Å². The number of alkyl carbamates (subject to hydrolysis) is 1. The maximum Gasteiger partial charge on any atom is 0.408 e. The van der Waals surface area contributed by atoms with Crippen LogP contribution >= 0.6 is 11.8 Å². The second-order valence-corrected chi connectivity index (χ2v) is 10.9. The molecule has 4 atom stereocenters. The molecule has 5 nitrogen and oxygen atoms in total. The second kappa shape index (κ2) is 9.33. The first kappa shape index (κ1) is 21.7. The SMILES string of the molecule is CC1CC=CCC1CC1(C)S[C@]1(CN1CCOCC1)NC(=O)OCc1ccccc1. The third kappa shape index (κ3) is 5.04. The first-order chi connectivity index (χ1) is 14.5. The van der Waals surface area contributed by atoms with Gasteiger partial charge in [0.2, 0.25) is 0 Å². The number of morpholine rings is 1. The van der Waals surface area contributed by atoms with Crippen molar-refractivity contribution >= 4 is 17.9 Å². The Bertz CT molecular complexity index is 752. The monoisotopic (exact) mass is 430 g/mol. The van der Waals surface area contributed by atoms with E-state index in [9.17, 15) is 4.79 Å². The summed E-state index contributed by atoms with van der Waals surface area (Å²) in [5, 5.41) is 3.28. The molecule has 0 bridgehead atoms. The van der Waals surface area contributed by atoms with Crippen LogP contribution in [0.4, 0.5) is 4.79 Å². The first-order valence-corrected chi connectivity index (χ1v) is 12.0. The van der Waals surface area contributed by atoms with Crippen molar-refractivity contribution in [3.05, 3.63) is 48.0 Å². The number of amides is 1. The smallest absolute Gasteiger partial charge is 0.408 e. The van der Waals surface area contributed by atoms with Gasteiger partial charge in [-0.25, -0.2) is 4.79 Å². The Kier molecular flexibility index (Phi) is 6.75. The lowest BCUT2D eigenvalue weighted by atomic mass is 9.77. The average Bonchev–Trinajstić information content (AvgIpc) is 3.31. The van der Waals surface area contributed by atoms with E-state index in [0.29, 0.717) is 18.4 Å². The van der Waals surface area contributed by atoms with E-state index in [1.54, 1.807) is 0 Å². The molecule has 0 saturated carbocycles. The van der Waals surface area contributed by atoms with E-state index >= 15 is 0 Å². The van der Waals surface area contributed by atoms with Gasteiger partial charge in [-0.2, -0.15) is 0 Å². The summed E-state index contributed by atoms with van der Waals surface area (Å²) in [6.07, 6.45) is 7.74. The van der Waals surface area contributed by atoms with Gasteiger partial charge in [0.1, 0.15) is 11.5 Å². The van der Waals surface area contributed by atoms with Crippen LogP contribution in [0, 0.1) is 11.8 Å². The number of thioether (sulfide) groups is 1. The third-order valence-electron chi connectivity index (χ3n) is 6.85. The Morgan fingerprint density at radius 1 is 1.23 bits per heavy atom. The van der Waals surface area contributed by atoms with Crippen LogP contribution in [-0.2, 0) is 16.1 Å². The van der Waals surface area contributed by atoms with E-state index in [-0.39, 0.29) is 15.7 Å². The molecule has 0 spiro atoms. The highest BCUT2D eigenvalue weighted by atomic mass is 32.2. The molecule has 4 rings (SSSR count). The van der Waals surface area contributed by atoms with Crippen molar-refractivity contribution in [2.24, 2.45) is 11.8 Å². The highest BCUT2D eigenvalue weighted by Gasteiger charge is 2.67. The summed E-state index contributed by atoms with van der Waals surface area (Å²) in [5.41, 5.74) is 1.00. The van der Waals surface area contributed by atoms with E-state index in [4.69, 9.17) is 9.47 Å². The Balaban J connectivity index is 1.41. The van der Waals surface area contributed by atoms with Crippen LogP contribution < -0.4 is 5.32 Å². The number of hydrogen-bond acceptors (Lipinski definition) is 5. The number of nitrogens with one attached hydrogen (secondary N) is 1. The van der Waals surface area contributed by atoms with Crippen LogP contribution in [0.15, 0.2) is 42.5 Å². The molecule has 0 aromatic heterocycles. The zero-order chi connectivity index (χ0) is 21.0. The molecule has 1 amide bonds. The molecule has 3 unspecified atom stereocenters. The minimum atomic E-state index is -0.320. The molecule has 30 heavy (non-hydrogen) atoms. The van der Waals surface area contributed by atoms with Crippen molar-refractivity contribution in [1.29, 1.82) is 0 Å². The number of benzene rings is 1. The summed E-state index contributed by atoms with van der Waals surface area (Å²) in [6, 6.07) is 9.85. The number of rotatable bonds is 7. The molecule has 1 aromatic rings. The Morgan fingerprint density at radius 2 is 1.97 bits per heavy atom. The van der Waals surface area contributed by atoms with Gasteiger partial charge in [-0.05, 0) is 43.6 Å². The predicted octanol–water partition coefficient (Wildman–Crippen LogP) is 4.44. The molecule has 0 radical (unpaired) electrons. The molecular weight excluding hydrogens is 396 g/mol. The second-order valence-electron chi connectivity index (χ2n) is 9.12. The fraction of sp³-hybridized carbons (Fsp3) is 0.625. The first-order valence-electron chi connectivity index (χ1n) is 11.1. The molecule has 1 N–H and O–H groups in total. The quantitative estimate of drug-likeness (QED) is 0.512. The minimum absolute atomic E-state index is 0.0289. The number of carbonyl (C=O) groups is 1. The van der Waals surface area contributed by atoms with Gasteiger partial charge in [-0.15, -0.1) is 11.8 Å². The van der Waals surface area contributed by atoms with Crippen LogP contribution in [0.2, 0.25) is 0 Å². The molecule has 3 aliphatic rings. The van der Waals surface area contributed by atoms with E-state index < -0.39 is 0 Å². The molecular formula is C24H34N2O3S. The summed E-state index contributed by atoms with van der Waals surface area (Å²) in [7, 11) is 0. The molecule has 6 heteroatoms. The molecule has 1 aliphatic carbocycles. The number of hydrogen-bond donors (Lipinski definition) is 1. The highest BCUT2D eigenvalue weighted by Crippen LogP contribution is 2.65. The van der Waals surface area contributed by atoms with Gasteiger partial charge >= 0.3 is 6.09 Å². The van der Waals surface area contributed by atoms with Crippen LogP contribution in [0.25, 0.3) is 0 Å². The van der Waals surface area contributed by atoms with E-state index in [1.165, 1.54) is 0 Å². The lowest BCUT2D eigenvalue weighted by molar-refractivity contribution is 0.0308. The number of allylic oxidation sites excluding steroid dienone is 2. The highest BCUT2D eigenvalue weighted by molar-refractivity contribution is 8.09. The normalized spacial score (nSPS) is 33.8. The van der Waals surface area contributed by atoms with Gasteiger partial charge in [0, 0.05) is 24.4 Å². The maximum atomic E-state index is 12.8. The topological polar surface area (TPSA) is 50.8 Å². The van der Waals surface area contributed by atoms with Gasteiger partial charge in [0.15, 0.2) is 0 Å². The largest absolute Gasteiger partial charge is 0.445 e. The van der Waals surface area contributed by atoms with Crippen LogP contribution in [0.5, 0.6) is 0 Å². The molecule has 2 heterocycles. The number of carbonyl (C=O) groups excluding carboxylic acids is 1. The van der Waals surface area contributed by atoms with E-state index in [0.717, 1.165) is 57.7 Å². The molecule has 2 fully saturated rings. The van der Waals surface area contributed by atoms with Crippen LogP contribution in [-0.4, -0.2) is 53.5 Å². The number of nitrogens with zero attached hydrogens (tertiary/aromatic N) is 1. The van der Waals surface area contributed by atoms with Gasteiger partial charge in [0.25, 0.3) is 0 Å². The third-order valence-corrected chi connectivity index (χ3v) is 8.64. The Morgan fingerprint density at radius 3 is 2.70 bits per heavy atom. The predicted molar refractivity (Wildman–Crippen MR) is 121 cm³/mol. The molecule has 2 aliphatic heterocycles. The zero-order valence-corrected chi connectivity index (χ0v) is 19.0. The molecule has 164 valence electrons. The average molecular weight is 431 g/mol. The lowest BCUT2D eigenvalue weighted by Crippen LogP contribution is -2.53. The zero-order valence-electron chi connectivity index (χ0n) is 18.1. The Hall–Kier alpha value is -1.50. The van der Waals surface area contributed by atoms with Crippen LogP contribution in [0.3, 0.4) is 0 Å². The summed E-state index contributed by atoms with van der Waals surface area (Å²) in [4.78, 5) is 14.9. The van der Waals surface area contributed by atoms with Gasteiger partial charge < -0.3 is 14.8 Å². The fourth-order valence-corrected chi connectivity index (χ4v) is 6.35. The molecule has 1 aromatic carbocycles. The van der Waals surface area contributed by atoms with Gasteiger partial charge in [-0.3, -0.25) is 4.90 Å². The van der Waals surface area contributed by atoms with E-state index in [1.807, 2.05) is 42.1 Å². The summed E-state index contributed by atoms with van der Waals surface area (Å²) in [6.45, 7) is 9.18. The van der Waals surface area contributed by atoms with E-state index in [2.05, 4.69) is 36.2 Å². The number of ether oxygens (including phenoxy) is 2. The van der Waals surface area contributed by atoms with Crippen molar-refractivity contribution < 1.29 is 14.3 Å². The van der Waals surface area contributed by atoms with Crippen molar-refractivity contribution in [1.82, 2.24) is 10.2 Å². The molecule has 2 saturated heterocycles. The standard InChI is InChI=1S/C24H34N2O3S/c1-19-8-6-7-11-21(19)16-23(2)24(30-23,18-26-12-14-28-15-13-26)25-22(27)29-17-20-9-4-3-5-10-20/h3-7,9-10,19,21H,8,11-18H2,1-2H3,(H,25,27)/t19?,21?,23?,24-/m0/s1. The maximum absolute atomic E-state index is 12.8. The van der Waals surface area contributed by atoms with Crippen molar-refractivity contribution in [2.75, 3.05) is 32.8 Å². The Labute approximate surface area is 184 Å². The lowest BCUT2D eigenvalue weighted by Gasteiger charge is -2.34. The van der Waals surface area contributed by atoms with Crippen molar-refractivity contribution in [3.8, 4) is 0 Å². The van der Waals surface area contributed by atoms with Crippen LogP contribution in [0.1, 0.15) is 38.7 Å². The van der Waals surface area contributed by atoms with Crippen molar-refractivity contribution in [2.45, 2.75) is 49.3 Å². The summed E-state index contributed by atoms with van der Waals surface area (Å²) >= 11 is 1.91. The fourth-order valence-electron chi connectivity index (χ4n) is 4.75. The minimum Gasteiger partial charge on any atom is -0.445 e. The summed E-state index contributed by atoms with van der Waals surface area (Å²) < 4.78 is 11.1. The summed E-state index contributed by atoms with van der Waals surface area (Å²) in [5.74, 6) is 1.36. The van der Waals surface area contributed by atoms with Crippen molar-refractivity contribution in [3.63, 3.8) is 0 Å². The van der Waals surface area contributed by atoms with Gasteiger partial charge in [-0.1, -0.05) is 49.4 Å².